The number of nitrogens with zero attached hydrogens (tertiary/aromatic N) is 2. The van der Waals surface area contributed by atoms with Gasteiger partial charge in [0.15, 0.2) is 5.96 Å². The first-order chi connectivity index (χ1) is 18.5. The molecule has 0 fully saturated rings. The lowest BCUT2D eigenvalue weighted by molar-refractivity contribution is -0.128. The molecule has 8 N–H and O–H groups in total. The molecule has 0 aliphatic rings. The molecule has 12 heteroatoms. The number of sulfonamides is 1. The molecule has 0 aliphatic carbocycles. The first-order valence-electron chi connectivity index (χ1n) is 12.4. The van der Waals surface area contributed by atoms with Crippen LogP contribution in [0.4, 0.5) is 5.69 Å². The molecule has 3 rings (SSSR count). The number of nitrogens with one attached hydrogen (secondary N) is 2. The molecule has 3 aromatic rings. The summed E-state index contributed by atoms with van der Waals surface area (Å²) in [5.41, 5.74) is 18.0. The maximum Gasteiger partial charge on any atom is 0.241 e. The lowest BCUT2D eigenvalue weighted by atomic mass is 10.0. The fourth-order valence-electron chi connectivity index (χ4n) is 4.23. The molecule has 0 spiro atoms. The minimum Gasteiger partial charge on any atom is -0.377 e. The molecule has 2 atom stereocenters. The van der Waals surface area contributed by atoms with Crippen molar-refractivity contribution in [3.8, 4) is 0 Å². The Balaban J connectivity index is 1.90. The van der Waals surface area contributed by atoms with E-state index in [9.17, 15) is 18.0 Å². The van der Waals surface area contributed by atoms with Crippen molar-refractivity contribution in [3.05, 3.63) is 72.3 Å². The molecule has 11 nitrogen and oxygen atoms in total. The number of amides is 2. The summed E-state index contributed by atoms with van der Waals surface area (Å²) in [4.78, 5) is 31.3. The Bertz CT molecular complexity index is 1440. The zero-order valence-electron chi connectivity index (χ0n) is 22.0. The van der Waals surface area contributed by atoms with Crippen molar-refractivity contribution in [3.63, 3.8) is 0 Å². The van der Waals surface area contributed by atoms with Crippen molar-refractivity contribution in [2.45, 2.75) is 36.2 Å². The monoisotopic (exact) mass is 553 g/mol. The average molecular weight is 554 g/mol. The van der Waals surface area contributed by atoms with Crippen molar-refractivity contribution >= 4 is 44.3 Å². The standard InChI is InChI=1S/C27H35N7O4S/c1-34(2)23-14-6-12-20-19(23)11-7-15-24(20)39(37,38)33-21(13-8-16-31-27(29)30)26(36)32-22(25(28)35)17-18-9-4-3-5-10-18/h3-7,9-12,14-15,21-22,33H,8,13,16-17H2,1-2H3,(H2,28,35)(H,32,36)(H4,29,30,31). The van der Waals surface area contributed by atoms with Crippen molar-refractivity contribution in [1.29, 1.82) is 0 Å². The summed E-state index contributed by atoms with van der Waals surface area (Å²) in [6.07, 6.45) is 0.539. The Kier molecular flexibility index (Phi) is 9.85. The van der Waals surface area contributed by atoms with E-state index in [1.54, 1.807) is 30.3 Å². The number of rotatable bonds is 13. The van der Waals surface area contributed by atoms with E-state index >= 15 is 0 Å². The van der Waals surface area contributed by atoms with E-state index in [2.05, 4.69) is 15.0 Å². The normalized spacial score (nSPS) is 12.9. The van der Waals surface area contributed by atoms with Crippen molar-refractivity contribution in [2.24, 2.45) is 22.2 Å². The van der Waals surface area contributed by atoms with Gasteiger partial charge in [-0.2, -0.15) is 4.72 Å². The second kappa shape index (κ2) is 13.1. The molecule has 39 heavy (non-hydrogen) atoms. The molecule has 0 bridgehead atoms. The fraction of sp³-hybridized carbons (Fsp3) is 0.296. The summed E-state index contributed by atoms with van der Waals surface area (Å²) in [6.45, 7) is 0.192. The third-order valence-electron chi connectivity index (χ3n) is 6.13. The smallest absolute Gasteiger partial charge is 0.241 e. The van der Waals surface area contributed by atoms with Gasteiger partial charge in [0.25, 0.3) is 0 Å². The van der Waals surface area contributed by atoms with Gasteiger partial charge in [-0.05, 0) is 30.5 Å². The van der Waals surface area contributed by atoms with Crippen LogP contribution in [0.5, 0.6) is 0 Å². The van der Waals surface area contributed by atoms with Gasteiger partial charge in [-0.15, -0.1) is 0 Å². The van der Waals surface area contributed by atoms with Crippen LogP contribution in [0, 0.1) is 0 Å². The third kappa shape index (κ3) is 7.91. The molecule has 2 amide bonds. The Hall–Kier alpha value is -4.16. The predicted octanol–water partition coefficient (Wildman–Crippen LogP) is 0.819. The van der Waals surface area contributed by atoms with Gasteiger partial charge in [0.1, 0.15) is 12.1 Å². The van der Waals surface area contributed by atoms with E-state index < -0.39 is 33.9 Å². The lowest BCUT2D eigenvalue weighted by Gasteiger charge is -2.23. The number of aliphatic imine (C=N–C) groups is 1. The van der Waals surface area contributed by atoms with Crippen molar-refractivity contribution < 1.29 is 18.0 Å². The summed E-state index contributed by atoms with van der Waals surface area (Å²) < 4.78 is 29.8. The van der Waals surface area contributed by atoms with Gasteiger partial charge in [-0.25, -0.2) is 8.42 Å². The van der Waals surface area contributed by atoms with Crippen LogP contribution in [0.15, 0.2) is 76.6 Å². The van der Waals surface area contributed by atoms with E-state index in [0.717, 1.165) is 16.6 Å². The Morgan fingerprint density at radius 3 is 2.21 bits per heavy atom. The summed E-state index contributed by atoms with van der Waals surface area (Å²) >= 11 is 0. The second-order valence-electron chi connectivity index (χ2n) is 9.30. The van der Waals surface area contributed by atoms with Gasteiger partial charge < -0.3 is 27.4 Å². The second-order valence-corrected chi connectivity index (χ2v) is 11.0. The molecular weight excluding hydrogens is 518 g/mol. The highest BCUT2D eigenvalue weighted by Crippen LogP contribution is 2.30. The lowest BCUT2D eigenvalue weighted by Crippen LogP contribution is -2.53. The van der Waals surface area contributed by atoms with Gasteiger partial charge in [0.2, 0.25) is 21.8 Å². The SMILES string of the molecule is CN(C)c1cccc2c(S(=O)(=O)NC(CCCN=C(N)N)C(=O)NC(Cc3ccccc3)C(N)=O)cccc12. The van der Waals surface area contributed by atoms with E-state index in [1.165, 1.54) is 6.07 Å². The molecule has 0 aromatic heterocycles. The number of carbonyl (C=O) groups is 2. The van der Waals surface area contributed by atoms with Crippen LogP contribution >= 0.6 is 0 Å². The third-order valence-corrected chi connectivity index (χ3v) is 7.66. The summed E-state index contributed by atoms with van der Waals surface area (Å²) in [5, 5.41) is 3.87. The van der Waals surface area contributed by atoms with Crippen LogP contribution < -0.4 is 32.1 Å². The molecule has 2 unspecified atom stereocenters. The quantitative estimate of drug-likeness (QED) is 0.118. The summed E-state index contributed by atoms with van der Waals surface area (Å²) in [7, 11) is -0.431. The van der Waals surface area contributed by atoms with Crippen LogP contribution in [0.3, 0.4) is 0 Å². The van der Waals surface area contributed by atoms with Crippen LogP contribution in [0.1, 0.15) is 18.4 Å². The predicted molar refractivity (Wildman–Crippen MR) is 154 cm³/mol. The molecule has 0 radical (unpaired) electrons. The number of hydrogen-bond acceptors (Lipinski definition) is 6. The highest BCUT2D eigenvalue weighted by Gasteiger charge is 2.29. The number of primary amides is 1. The molecule has 3 aromatic carbocycles. The molecule has 0 aliphatic heterocycles. The minimum absolute atomic E-state index is 0.0291. The zero-order chi connectivity index (χ0) is 28.6. The maximum atomic E-state index is 13.6. The first kappa shape index (κ1) is 29.4. The van der Waals surface area contributed by atoms with Crippen molar-refractivity contribution in [1.82, 2.24) is 10.0 Å². The van der Waals surface area contributed by atoms with Crippen molar-refractivity contribution in [2.75, 3.05) is 25.5 Å². The number of anilines is 1. The van der Waals surface area contributed by atoms with Gasteiger partial charge in [0.05, 0.1) is 4.90 Å². The molecule has 0 heterocycles. The Morgan fingerprint density at radius 2 is 1.56 bits per heavy atom. The minimum atomic E-state index is -4.17. The van der Waals surface area contributed by atoms with E-state index in [4.69, 9.17) is 17.2 Å². The number of nitrogens with two attached hydrogens (primary N) is 3. The Labute approximate surface area is 228 Å². The average Bonchev–Trinajstić information content (AvgIpc) is 2.89. The number of carbonyl (C=O) groups excluding carboxylic acids is 2. The summed E-state index contributed by atoms with van der Waals surface area (Å²) in [5.74, 6) is -1.53. The number of guanidine groups is 1. The first-order valence-corrected chi connectivity index (χ1v) is 13.9. The highest BCUT2D eigenvalue weighted by atomic mass is 32.2. The van der Waals surface area contributed by atoms with Gasteiger partial charge in [0, 0.05) is 43.5 Å². The largest absolute Gasteiger partial charge is 0.377 e. The fourth-order valence-corrected chi connectivity index (χ4v) is 5.68. The van der Waals surface area contributed by atoms with Gasteiger partial charge in [-0.3, -0.25) is 14.6 Å². The molecule has 208 valence electrons. The Morgan fingerprint density at radius 1 is 0.897 bits per heavy atom. The molecule has 0 saturated carbocycles. The number of benzene rings is 3. The van der Waals surface area contributed by atoms with Gasteiger partial charge >= 0.3 is 0 Å². The van der Waals surface area contributed by atoms with Crippen LogP contribution in [-0.4, -0.2) is 58.9 Å². The van der Waals surface area contributed by atoms with Crippen LogP contribution in [-0.2, 0) is 26.0 Å². The molecule has 0 saturated heterocycles. The van der Waals surface area contributed by atoms with E-state index in [-0.39, 0.29) is 30.2 Å². The molecular formula is C27H35N7O4S. The number of hydrogen-bond donors (Lipinski definition) is 5. The van der Waals surface area contributed by atoms with E-state index in [0.29, 0.717) is 11.8 Å². The van der Waals surface area contributed by atoms with Crippen LogP contribution in [0.2, 0.25) is 0 Å². The topological polar surface area (TPSA) is 186 Å². The summed E-state index contributed by atoms with van der Waals surface area (Å²) in [6, 6.07) is 17.2. The zero-order valence-corrected chi connectivity index (χ0v) is 22.8. The van der Waals surface area contributed by atoms with E-state index in [1.807, 2.05) is 49.3 Å². The van der Waals surface area contributed by atoms with Crippen LogP contribution in [0.25, 0.3) is 10.8 Å². The van der Waals surface area contributed by atoms with Gasteiger partial charge in [-0.1, -0.05) is 54.6 Å². The highest BCUT2D eigenvalue weighted by molar-refractivity contribution is 7.89. The number of fused-ring (bicyclic) bond motifs is 1. The maximum absolute atomic E-state index is 13.6.